The molecule has 0 atom stereocenters. The zero-order valence-corrected chi connectivity index (χ0v) is 18.6. The molecular formula is C22H17BrCl2N2O2. The number of hydrogen-bond donors (Lipinski definition) is 1. The lowest BCUT2D eigenvalue weighted by molar-refractivity contribution is 0.0955. The molecule has 0 saturated heterocycles. The average molecular weight is 492 g/mol. The highest BCUT2D eigenvalue weighted by molar-refractivity contribution is 9.10. The summed E-state index contributed by atoms with van der Waals surface area (Å²) in [6.07, 6.45) is 1.54. The zero-order chi connectivity index (χ0) is 20.8. The maximum absolute atomic E-state index is 12.3. The van der Waals surface area contributed by atoms with E-state index >= 15 is 0 Å². The van der Waals surface area contributed by atoms with Crippen molar-refractivity contribution in [3.05, 3.63) is 97.4 Å². The lowest BCUT2D eigenvalue weighted by Gasteiger charge is -2.10. The fourth-order valence-corrected chi connectivity index (χ4v) is 3.14. The highest BCUT2D eigenvalue weighted by atomic mass is 79.9. The molecular weight excluding hydrogens is 475 g/mol. The minimum absolute atomic E-state index is 0.346. The van der Waals surface area contributed by atoms with Crippen molar-refractivity contribution in [2.24, 2.45) is 5.10 Å². The van der Waals surface area contributed by atoms with E-state index in [2.05, 4.69) is 26.5 Å². The lowest BCUT2D eigenvalue weighted by Crippen LogP contribution is -2.17. The summed E-state index contributed by atoms with van der Waals surface area (Å²) in [6.45, 7) is 2.26. The van der Waals surface area contributed by atoms with E-state index in [1.165, 1.54) is 6.21 Å². The summed E-state index contributed by atoms with van der Waals surface area (Å²) in [5.41, 5.74) is 5.56. The van der Waals surface area contributed by atoms with Gasteiger partial charge in [0, 0.05) is 25.6 Å². The molecule has 0 unspecified atom stereocenters. The Kier molecular flexibility index (Phi) is 7.31. The molecule has 7 heteroatoms. The summed E-state index contributed by atoms with van der Waals surface area (Å²) in [5, 5.41) is 5.26. The van der Waals surface area contributed by atoms with E-state index in [1.807, 2.05) is 49.4 Å². The monoisotopic (exact) mass is 490 g/mol. The van der Waals surface area contributed by atoms with Crippen LogP contribution in [0.3, 0.4) is 0 Å². The number of nitrogens with one attached hydrogen (secondary N) is 1. The fraction of sp³-hybridized carbons (Fsp3) is 0.0909. The molecule has 0 saturated carbocycles. The van der Waals surface area contributed by atoms with Crippen LogP contribution in [0.1, 0.15) is 27.0 Å². The molecule has 0 aromatic heterocycles. The third-order valence-electron chi connectivity index (χ3n) is 4.08. The summed E-state index contributed by atoms with van der Waals surface area (Å²) in [7, 11) is 0. The van der Waals surface area contributed by atoms with Crippen molar-refractivity contribution >= 4 is 51.3 Å². The van der Waals surface area contributed by atoms with E-state index in [0.717, 1.165) is 21.2 Å². The molecule has 4 nitrogen and oxygen atoms in total. The van der Waals surface area contributed by atoms with Crippen LogP contribution in [0.15, 0.2) is 70.2 Å². The Balaban J connectivity index is 1.69. The van der Waals surface area contributed by atoms with E-state index in [4.69, 9.17) is 27.9 Å². The number of hydrogen-bond acceptors (Lipinski definition) is 3. The van der Waals surface area contributed by atoms with Crippen LogP contribution in [0.25, 0.3) is 0 Å². The number of benzene rings is 3. The number of nitrogens with zero attached hydrogens (tertiary/aromatic N) is 1. The van der Waals surface area contributed by atoms with E-state index in [0.29, 0.717) is 28.0 Å². The Hall–Kier alpha value is -2.34. The van der Waals surface area contributed by atoms with Crippen LogP contribution in [0, 0.1) is 6.92 Å². The number of rotatable bonds is 6. The average Bonchev–Trinajstić information content (AvgIpc) is 2.70. The van der Waals surface area contributed by atoms with Gasteiger partial charge in [0.1, 0.15) is 12.4 Å². The molecule has 29 heavy (non-hydrogen) atoms. The second kappa shape index (κ2) is 9.92. The second-order valence-corrected chi connectivity index (χ2v) is 8.02. The molecule has 0 heterocycles. The Morgan fingerprint density at radius 3 is 2.59 bits per heavy atom. The summed E-state index contributed by atoms with van der Waals surface area (Å²) in [5.74, 6) is 0.293. The van der Waals surface area contributed by atoms with E-state index < -0.39 is 0 Å². The van der Waals surface area contributed by atoms with E-state index in [1.54, 1.807) is 18.2 Å². The number of carbonyl (C=O) groups excluding carboxylic acids is 1. The normalized spacial score (nSPS) is 10.9. The molecule has 0 aliphatic carbocycles. The van der Waals surface area contributed by atoms with Crippen LogP contribution in [0.5, 0.6) is 5.75 Å². The molecule has 0 bridgehead atoms. The summed E-state index contributed by atoms with van der Waals surface area (Å²) in [6, 6.07) is 18.1. The molecule has 148 valence electrons. The van der Waals surface area contributed by atoms with Crippen LogP contribution < -0.4 is 10.2 Å². The Morgan fingerprint density at radius 1 is 1.10 bits per heavy atom. The topological polar surface area (TPSA) is 50.7 Å². The van der Waals surface area contributed by atoms with Gasteiger partial charge >= 0.3 is 0 Å². The maximum Gasteiger partial charge on any atom is 0.271 e. The molecule has 3 aromatic rings. The third-order valence-corrected chi connectivity index (χ3v) is 5.24. The van der Waals surface area contributed by atoms with Gasteiger partial charge < -0.3 is 4.74 Å². The summed E-state index contributed by atoms with van der Waals surface area (Å²) >= 11 is 15.4. The third kappa shape index (κ3) is 6.07. The lowest BCUT2D eigenvalue weighted by atomic mass is 10.1. The first-order valence-electron chi connectivity index (χ1n) is 8.69. The van der Waals surface area contributed by atoms with Crippen LogP contribution >= 0.6 is 39.1 Å². The van der Waals surface area contributed by atoms with Crippen molar-refractivity contribution < 1.29 is 9.53 Å². The first kappa shape index (κ1) is 21.4. The number of amides is 1. The van der Waals surface area contributed by atoms with E-state index in [-0.39, 0.29) is 5.91 Å². The predicted octanol–water partition coefficient (Wildman–Crippen LogP) is 6.41. The van der Waals surface area contributed by atoms with Crippen molar-refractivity contribution in [3.8, 4) is 5.75 Å². The first-order valence-corrected chi connectivity index (χ1v) is 10.2. The van der Waals surface area contributed by atoms with Gasteiger partial charge in [-0.2, -0.15) is 5.10 Å². The summed E-state index contributed by atoms with van der Waals surface area (Å²) < 4.78 is 6.77. The van der Waals surface area contributed by atoms with Gasteiger partial charge in [0.25, 0.3) is 5.91 Å². The van der Waals surface area contributed by atoms with Gasteiger partial charge in [0.15, 0.2) is 0 Å². The SMILES string of the molecule is Cc1ccc(C(=O)N/N=C\c2cc(Br)ccc2OCc2ccc(Cl)cc2)cc1Cl. The smallest absolute Gasteiger partial charge is 0.271 e. The molecule has 3 aromatic carbocycles. The largest absolute Gasteiger partial charge is 0.488 e. The number of halogens is 3. The van der Waals surface area contributed by atoms with Crippen molar-refractivity contribution in [3.63, 3.8) is 0 Å². The number of hydrazone groups is 1. The van der Waals surface area contributed by atoms with Gasteiger partial charge in [-0.05, 0) is 60.5 Å². The standard InChI is InChI=1S/C22H17BrCl2N2O2/c1-14-2-5-16(11-20(14)25)22(28)27-26-12-17-10-18(23)6-9-21(17)29-13-15-3-7-19(24)8-4-15/h2-12H,13H2,1H3,(H,27,28)/b26-12-. The Bertz CT molecular complexity index is 1050. The van der Waals surface area contributed by atoms with Gasteiger partial charge in [-0.15, -0.1) is 0 Å². The van der Waals surface area contributed by atoms with Gasteiger partial charge in [0.05, 0.1) is 6.21 Å². The highest BCUT2D eigenvalue weighted by Gasteiger charge is 2.07. The number of ether oxygens (including phenoxy) is 1. The quantitative estimate of drug-likeness (QED) is 0.320. The minimum atomic E-state index is -0.346. The first-order chi connectivity index (χ1) is 13.9. The number of carbonyl (C=O) groups is 1. The van der Waals surface area contributed by atoms with Crippen molar-refractivity contribution in [2.45, 2.75) is 13.5 Å². The van der Waals surface area contributed by atoms with Gasteiger partial charge in [-0.1, -0.05) is 57.3 Å². The van der Waals surface area contributed by atoms with Gasteiger partial charge in [-0.25, -0.2) is 5.43 Å². The molecule has 0 aliphatic rings. The van der Waals surface area contributed by atoms with Crippen molar-refractivity contribution in [2.75, 3.05) is 0 Å². The van der Waals surface area contributed by atoms with Gasteiger partial charge in [-0.3, -0.25) is 4.79 Å². The summed E-state index contributed by atoms with van der Waals surface area (Å²) in [4.78, 5) is 12.3. The molecule has 1 amide bonds. The molecule has 3 rings (SSSR count). The molecule has 0 radical (unpaired) electrons. The minimum Gasteiger partial charge on any atom is -0.488 e. The Morgan fingerprint density at radius 2 is 1.86 bits per heavy atom. The van der Waals surface area contributed by atoms with Crippen LogP contribution in [0.4, 0.5) is 0 Å². The fourth-order valence-electron chi connectivity index (χ4n) is 2.45. The predicted molar refractivity (Wildman–Crippen MR) is 121 cm³/mol. The van der Waals surface area contributed by atoms with Crippen LogP contribution in [-0.2, 0) is 6.61 Å². The van der Waals surface area contributed by atoms with E-state index in [9.17, 15) is 4.79 Å². The number of aryl methyl sites for hydroxylation is 1. The second-order valence-electron chi connectivity index (χ2n) is 6.26. The maximum atomic E-state index is 12.3. The zero-order valence-electron chi connectivity index (χ0n) is 15.5. The van der Waals surface area contributed by atoms with Crippen molar-refractivity contribution in [1.29, 1.82) is 0 Å². The molecule has 0 fully saturated rings. The molecule has 0 aliphatic heterocycles. The van der Waals surface area contributed by atoms with Crippen molar-refractivity contribution in [1.82, 2.24) is 5.43 Å². The molecule has 0 spiro atoms. The van der Waals surface area contributed by atoms with Gasteiger partial charge in [0.2, 0.25) is 0 Å². The van der Waals surface area contributed by atoms with Crippen LogP contribution in [0.2, 0.25) is 10.0 Å². The Labute approximate surface area is 187 Å². The molecule has 1 N–H and O–H groups in total. The highest BCUT2D eigenvalue weighted by Crippen LogP contribution is 2.23. The van der Waals surface area contributed by atoms with Crippen LogP contribution in [-0.4, -0.2) is 12.1 Å².